The van der Waals surface area contributed by atoms with Gasteiger partial charge in [0.25, 0.3) is 5.91 Å². The van der Waals surface area contributed by atoms with Crippen molar-refractivity contribution in [1.29, 1.82) is 0 Å². The molecule has 0 fully saturated rings. The number of hydrogen-bond acceptors (Lipinski definition) is 4. The summed E-state index contributed by atoms with van der Waals surface area (Å²) in [6.45, 7) is 6.04. The summed E-state index contributed by atoms with van der Waals surface area (Å²) in [5, 5.41) is 8.04. The van der Waals surface area contributed by atoms with Crippen LogP contribution in [0, 0.1) is 6.92 Å². The monoisotopic (exact) mass is 324 g/mol. The van der Waals surface area contributed by atoms with E-state index in [1.165, 1.54) is 0 Å². The lowest BCUT2D eigenvalue weighted by atomic mass is 10.2. The minimum atomic E-state index is -0.231. The van der Waals surface area contributed by atoms with E-state index in [2.05, 4.69) is 15.4 Å². The quantitative estimate of drug-likeness (QED) is 0.796. The number of methoxy groups -OCH3 is 1. The Morgan fingerprint density at radius 1 is 1.25 bits per heavy atom. The second kappa shape index (κ2) is 6.31. The number of pyridine rings is 1. The van der Waals surface area contributed by atoms with E-state index < -0.39 is 0 Å². The van der Waals surface area contributed by atoms with Crippen LogP contribution < -0.4 is 10.1 Å². The number of nitrogens with zero attached hydrogens (tertiary/aromatic N) is 3. The lowest BCUT2D eigenvalue weighted by Crippen LogP contribution is -2.13. The summed E-state index contributed by atoms with van der Waals surface area (Å²) < 4.78 is 7.13. The molecule has 0 saturated carbocycles. The molecule has 6 nitrogen and oxygen atoms in total. The SMILES string of the molecule is COc1ccc(C)cc1NC(=O)c1cnc2c(cnn2C(C)C)c1. The number of nitrogens with one attached hydrogen (secondary N) is 1. The zero-order chi connectivity index (χ0) is 17.3. The van der Waals surface area contributed by atoms with E-state index in [4.69, 9.17) is 4.74 Å². The van der Waals surface area contributed by atoms with E-state index in [0.29, 0.717) is 17.0 Å². The van der Waals surface area contributed by atoms with Crippen LogP contribution in [0.15, 0.2) is 36.7 Å². The van der Waals surface area contributed by atoms with Crippen LogP contribution >= 0.6 is 0 Å². The fourth-order valence-electron chi connectivity index (χ4n) is 2.56. The number of carbonyl (C=O) groups is 1. The Balaban J connectivity index is 1.90. The first-order valence-electron chi connectivity index (χ1n) is 7.79. The first kappa shape index (κ1) is 16.0. The van der Waals surface area contributed by atoms with Gasteiger partial charge in [-0.1, -0.05) is 6.07 Å². The highest BCUT2D eigenvalue weighted by Crippen LogP contribution is 2.26. The van der Waals surface area contributed by atoms with Crippen LogP contribution in [0.25, 0.3) is 11.0 Å². The Morgan fingerprint density at radius 2 is 2.04 bits per heavy atom. The van der Waals surface area contributed by atoms with Crippen molar-refractivity contribution in [3.05, 3.63) is 47.8 Å². The number of aryl methyl sites for hydroxylation is 1. The van der Waals surface area contributed by atoms with Crippen LogP contribution in [-0.2, 0) is 0 Å². The van der Waals surface area contributed by atoms with Gasteiger partial charge in [-0.3, -0.25) is 4.79 Å². The molecule has 1 aromatic carbocycles. The molecule has 3 aromatic rings. The standard InChI is InChI=1S/C18H20N4O2/c1-11(2)22-17-13(10-20-22)8-14(9-19-17)18(23)21-15-7-12(3)5-6-16(15)24-4/h5-11H,1-4H3,(H,21,23). The molecule has 124 valence electrons. The third-order valence-corrected chi connectivity index (χ3v) is 3.79. The highest BCUT2D eigenvalue weighted by Gasteiger charge is 2.13. The average Bonchev–Trinajstić information content (AvgIpc) is 2.98. The van der Waals surface area contributed by atoms with Gasteiger partial charge in [-0.2, -0.15) is 5.10 Å². The van der Waals surface area contributed by atoms with Crippen LogP contribution in [-0.4, -0.2) is 27.8 Å². The van der Waals surface area contributed by atoms with E-state index in [1.807, 2.05) is 43.7 Å². The number of carbonyl (C=O) groups excluding carboxylic acids is 1. The Hall–Kier alpha value is -2.89. The largest absolute Gasteiger partial charge is 0.495 e. The van der Waals surface area contributed by atoms with E-state index in [-0.39, 0.29) is 11.9 Å². The second-order valence-electron chi connectivity index (χ2n) is 5.98. The van der Waals surface area contributed by atoms with Gasteiger partial charge in [0, 0.05) is 17.6 Å². The smallest absolute Gasteiger partial charge is 0.257 e. The van der Waals surface area contributed by atoms with E-state index in [1.54, 1.807) is 25.6 Å². The van der Waals surface area contributed by atoms with Crippen molar-refractivity contribution < 1.29 is 9.53 Å². The Morgan fingerprint density at radius 3 is 2.75 bits per heavy atom. The van der Waals surface area contributed by atoms with Crippen molar-refractivity contribution in [3.63, 3.8) is 0 Å². The van der Waals surface area contributed by atoms with Gasteiger partial charge in [0.05, 0.1) is 24.6 Å². The van der Waals surface area contributed by atoms with E-state index in [9.17, 15) is 4.79 Å². The van der Waals surface area contributed by atoms with E-state index >= 15 is 0 Å². The van der Waals surface area contributed by atoms with E-state index in [0.717, 1.165) is 16.6 Å². The van der Waals surface area contributed by atoms with Gasteiger partial charge in [-0.15, -0.1) is 0 Å². The highest BCUT2D eigenvalue weighted by molar-refractivity contribution is 6.06. The lowest BCUT2D eigenvalue weighted by Gasteiger charge is -2.11. The summed E-state index contributed by atoms with van der Waals surface area (Å²) in [6.07, 6.45) is 3.30. The normalized spacial score (nSPS) is 11.0. The Labute approximate surface area is 140 Å². The van der Waals surface area contributed by atoms with Crippen molar-refractivity contribution in [2.24, 2.45) is 0 Å². The van der Waals surface area contributed by atoms with Crippen LogP contribution in [0.2, 0.25) is 0 Å². The summed E-state index contributed by atoms with van der Waals surface area (Å²) in [5.41, 5.74) is 2.93. The Kier molecular flexibility index (Phi) is 4.20. The molecule has 1 N–H and O–H groups in total. The number of rotatable bonds is 4. The molecule has 24 heavy (non-hydrogen) atoms. The fraction of sp³-hybridized carbons (Fsp3) is 0.278. The van der Waals surface area contributed by atoms with Crippen molar-refractivity contribution >= 4 is 22.6 Å². The maximum atomic E-state index is 12.5. The number of aromatic nitrogens is 3. The molecule has 0 unspecified atom stereocenters. The maximum Gasteiger partial charge on any atom is 0.257 e. The molecule has 2 heterocycles. The number of hydrogen-bond donors (Lipinski definition) is 1. The summed E-state index contributed by atoms with van der Waals surface area (Å²) in [7, 11) is 1.58. The first-order valence-corrected chi connectivity index (χ1v) is 7.79. The minimum Gasteiger partial charge on any atom is -0.495 e. The Bertz CT molecular complexity index is 899. The number of ether oxygens (including phenoxy) is 1. The molecule has 2 aromatic heterocycles. The number of amides is 1. The first-order chi connectivity index (χ1) is 11.5. The number of benzene rings is 1. The highest BCUT2D eigenvalue weighted by atomic mass is 16.5. The predicted octanol–water partition coefficient (Wildman–Crippen LogP) is 3.58. The third-order valence-electron chi connectivity index (χ3n) is 3.79. The summed E-state index contributed by atoms with van der Waals surface area (Å²) in [5.74, 6) is 0.390. The summed E-state index contributed by atoms with van der Waals surface area (Å²) in [4.78, 5) is 16.9. The topological polar surface area (TPSA) is 69.0 Å². The zero-order valence-electron chi connectivity index (χ0n) is 14.2. The lowest BCUT2D eigenvalue weighted by molar-refractivity contribution is 0.102. The molecule has 3 rings (SSSR count). The van der Waals surface area contributed by atoms with Crippen LogP contribution in [0.4, 0.5) is 5.69 Å². The van der Waals surface area contributed by atoms with Crippen molar-refractivity contribution in [1.82, 2.24) is 14.8 Å². The molecule has 0 saturated heterocycles. The summed E-state index contributed by atoms with van der Waals surface area (Å²) in [6, 6.07) is 7.65. The molecular formula is C18H20N4O2. The maximum absolute atomic E-state index is 12.5. The van der Waals surface area contributed by atoms with Crippen LogP contribution in [0.3, 0.4) is 0 Å². The van der Waals surface area contributed by atoms with Gasteiger partial charge >= 0.3 is 0 Å². The van der Waals surface area contributed by atoms with Crippen molar-refractivity contribution in [2.75, 3.05) is 12.4 Å². The van der Waals surface area contributed by atoms with Gasteiger partial charge in [0.1, 0.15) is 5.75 Å². The molecule has 0 spiro atoms. The molecule has 1 amide bonds. The average molecular weight is 324 g/mol. The van der Waals surface area contributed by atoms with Crippen molar-refractivity contribution in [2.45, 2.75) is 26.8 Å². The number of anilines is 1. The molecule has 0 aliphatic carbocycles. The molecule has 0 atom stereocenters. The minimum absolute atomic E-state index is 0.214. The fourth-order valence-corrected chi connectivity index (χ4v) is 2.56. The van der Waals surface area contributed by atoms with Gasteiger partial charge in [-0.25, -0.2) is 9.67 Å². The molecular weight excluding hydrogens is 304 g/mol. The van der Waals surface area contributed by atoms with Gasteiger partial charge in [0.2, 0.25) is 0 Å². The number of fused-ring (bicyclic) bond motifs is 1. The van der Waals surface area contributed by atoms with Gasteiger partial charge in [0.15, 0.2) is 5.65 Å². The summed E-state index contributed by atoms with van der Waals surface area (Å²) >= 11 is 0. The predicted molar refractivity (Wildman–Crippen MR) is 93.6 cm³/mol. The van der Waals surface area contributed by atoms with Crippen LogP contribution in [0.1, 0.15) is 35.8 Å². The van der Waals surface area contributed by atoms with Crippen LogP contribution in [0.5, 0.6) is 5.75 Å². The molecule has 0 aliphatic rings. The van der Waals surface area contributed by atoms with Gasteiger partial charge in [-0.05, 0) is 44.5 Å². The molecule has 0 aliphatic heterocycles. The molecule has 0 bridgehead atoms. The molecule has 6 heteroatoms. The second-order valence-corrected chi connectivity index (χ2v) is 5.98. The van der Waals surface area contributed by atoms with Crippen molar-refractivity contribution in [3.8, 4) is 5.75 Å². The molecule has 0 radical (unpaired) electrons. The third kappa shape index (κ3) is 2.95. The van der Waals surface area contributed by atoms with Gasteiger partial charge < -0.3 is 10.1 Å². The zero-order valence-corrected chi connectivity index (χ0v) is 14.2.